The van der Waals surface area contributed by atoms with Crippen molar-refractivity contribution in [3.05, 3.63) is 29.6 Å². The monoisotopic (exact) mass is 252 g/mol. The van der Waals surface area contributed by atoms with Gasteiger partial charge in [0.05, 0.1) is 6.07 Å². The Hall–Kier alpha value is -2.62. The van der Waals surface area contributed by atoms with Crippen molar-refractivity contribution < 1.29 is 23.8 Å². The van der Waals surface area contributed by atoms with Crippen LogP contribution in [0.15, 0.2) is 18.2 Å². The first kappa shape index (κ1) is 13.4. The van der Waals surface area contributed by atoms with E-state index in [2.05, 4.69) is 5.32 Å². The van der Waals surface area contributed by atoms with Crippen molar-refractivity contribution in [3.63, 3.8) is 0 Å². The molecule has 0 aliphatic heterocycles. The van der Waals surface area contributed by atoms with E-state index < -0.39 is 29.9 Å². The first-order valence-electron chi connectivity index (χ1n) is 4.84. The van der Waals surface area contributed by atoms with Gasteiger partial charge in [-0.1, -0.05) is 6.07 Å². The van der Waals surface area contributed by atoms with Crippen molar-refractivity contribution in [1.29, 1.82) is 5.26 Å². The summed E-state index contributed by atoms with van der Waals surface area (Å²) in [6, 6.07) is 5.18. The summed E-state index contributed by atoms with van der Waals surface area (Å²) in [7, 11) is 0. The summed E-state index contributed by atoms with van der Waals surface area (Å²) < 4.78 is 18.1. The minimum absolute atomic E-state index is 0.183. The van der Waals surface area contributed by atoms with Gasteiger partial charge in [0.25, 0.3) is 5.91 Å². The Kier molecular flexibility index (Phi) is 4.63. The number of amides is 1. The zero-order valence-corrected chi connectivity index (χ0v) is 9.14. The van der Waals surface area contributed by atoms with E-state index in [1.165, 1.54) is 12.1 Å². The van der Waals surface area contributed by atoms with Gasteiger partial charge >= 0.3 is 5.97 Å². The molecule has 0 saturated heterocycles. The normalized spacial score (nSPS) is 9.33. The van der Waals surface area contributed by atoms with E-state index in [-0.39, 0.29) is 12.3 Å². The molecular formula is C11H9FN2O4. The topological polar surface area (TPSA) is 99.4 Å². The third-order valence-corrected chi connectivity index (χ3v) is 1.91. The molecule has 0 aliphatic carbocycles. The summed E-state index contributed by atoms with van der Waals surface area (Å²) in [5.74, 6) is -3.27. The molecule has 0 aromatic heterocycles. The Bertz CT molecular complexity index is 510. The molecule has 6 nitrogen and oxygen atoms in total. The van der Waals surface area contributed by atoms with Gasteiger partial charge in [0, 0.05) is 0 Å². The van der Waals surface area contributed by atoms with E-state index in [0.29, 0.717) is 0 Å². The van der Waals surface area contributed by atoms with E-state index in [1.807, 2.05) is 0 Å². The smallest absolute Gasteiger partial charge is 0.342 e. The molecule has 0 unspecified atom stereocenters. The van der Waals surface area contributed by atoms with E-state index in [0.717, 1.165) is 6.07 Å². The number of aromatic carboxylic acids is 1. The van der Waals surface area contributed by atoms with Crippen molar-refractivity contribution in [2.24, 2.45) is 0 Å². The van der Waals surface area contributed by atoms with E-state index in [4.69, 9.17) is 15.1 Å². The molecule has 1 aromatic carbocycles. The number of carbonyl (C=O) groups is 2. The van der Waals surface area contributed by atoms with Crippen LogP contribution >= 0.6 is 0 Å². The van der Waals surface area contributed by atoms with E-state index in [1.54, 1.807) is 6.07 Å². The van der Waals surface area contributed by atoms with Crippen LogP contribution in [0.4, 0.5) is 4.39 Å². The lowest BCUT2D eigenvalue weighted by molar-refractivity contribution is -0.122. The quantitative estimate of drug-likeness (QED) is 0.745. The molecule has 0 fully saturated rings. The molecule has 1 amide bonds. The SMILES string of the molecule is N#CCNC(=O)COc1cccc(F)c1C(=O)O. The molecule has 0 aliphatic rings. The highest BCUT2D eigenvalue weighted by Crippen LogP contribution is 2.21. The molecular weight excluding hydrogens is 243 g/mol. The Labute approximate surface area is 102 Å². The van der Waals surface area contributed by atoms with Gasteiger partial charge < -0.3 is 15.2 Å². The fourth-order valence-corrected chi connectivity index (χ4v) is 1.16. The molecule has 1 aromatic rings. The van der Waals surface area contributed by atoms with Gasteiger partial charge in [-0.2, -0.15) is 5.26 Å². The highest BCUT2D eigenvalue weighted by molar-refractivity contribution is 5.91. The lowest BCUT2D eigenvalue weighted by atomic mass is 10.2. The number of nitrogens with one attached hydrogen (secondary N) is 1. The molecule has 0 atom stereocenters. The Morgan fingerprint density at radius 3 is 2.83 bits per heavy atom. The second kappa shape index (κ2) is 6.20. The number of rotatable bonds is 5. The number of hydrogen-bond donors (Lipinski definition) is 2. The Balaban J connectivity index is 2.74. The summed E-state index contributed by atoms with van der Waals surface area (Å²) >= 11 is 0. The second-order valence-corrected chi connectivity index (χ2v) is 3.14. The third kappa shape index (κ3) is 3.45. The van der Waals surface area contributed by atoms with Gasteiger partial charge in [-0.25, -0.2) is 9.18 Å². The maximum absolute atomic E-state index is 13.2. The molecule has 0 radical (unpaired) electrons. The van der Waals surface area contributed by atoms with Crippen LogP contribution in [-0.4, -0.2) is 30.1 Å². The summed E-state index contributed by atoms with van der Waals surface area (Å²) in [4.78, 5) is 21.9. The van der Waals surface area contributed by atoms with Gasteiger partial charge in [-0.15, -0.1) is 0 Å². The fraction of sp³-hybridized carbons (Fsp3) is 0.182. The summed E-state index contributed by atoms with van der Waals surface area (Å²) in [5.41, 5.74) is -0.634. The fourth-order valence-electron chi connectivity index (χ4n) is 1.16. The number of hydrogen-bond acceptors (Lipinski definition) is 4. The van der Waals surface area contributed by atoms with Crippen molar-refractivity contribution in [2.45, 2.75) is 0 Å². The highest BCUT2D eigenvalue weighted by atomic mass is 19.1. The van der Waals surface area contributed by atoms with Crippen LogP contribution in [0.5, 0.6) is 5.75 Å². The largest absolute Gasteiger partial charge is 0.483 e. The molecule has 2 N–H and O–H groups in total. The molecule has 0 saturated carbocycles. The van der Waals surface area contributed by atoms with E-state index in [9.17, 15) is 14.0 Å². The van der Waals surface area contributed by atoms with Gasteiger partial charge in [0.1, 0.15) is 23.7 Å². The number of nitrogens with zero attached hydrogens (tertiary/aromatic N) is 1. The molecule has 7 heteroatoms. The average Bonchev–Trinajstić information content (AvgIpc) is 2.33. The average molecular weight is 252 g/mol. The number of ether oxygens (including phenoxy) is 1. The molecule has 1 rings (SSSR count). The first-order valence-corrected chi connectivity index (χ1v) is 4.84. The number of carboxylic acids is 1. The van der Waals surface area contributed by atoms with Crippen LogP contribution in [0.1, 0.15) is 10.4 Å². The number of halogens is 1. The zero-order chi connectivity index (χ0) is 13.5. The maximum atomic E-state index is 13.2. The predicted molar refractivity (Wildman–Crippen MR) is 57.5 cm³/mol. The van der Waals surface area contributed by atoms with Crippen LogP contribution in [0, 0.1) is 17.1 Å². The molecule has 18 heavy (non-hydrogen) atoms. The number of carboxylic acid groups (broad SMARTS) is 1. The lowest BCUT2D eigenvalue weighted by Crippen LogP contribution is -2.29. The first-order chi connectivity index (χ1) is 8.56. The second-order valence-electron chi connectivity index (χ2n) is 3.14. The lowest BCUT2D eigenvalue weighted by Gasteiger charge is -2.08. The Morgan fingerprint density at radius 2 is 2.22 bits per heavy atom. The summed E-state index contributed by atoms with van der Waals surface area (Å²) in [6.45, 7) is -0.678. The zero-order valence-electron chi connectivity index (χ0n) is 9.14. The molecule has 0 heterocycles. The molecule has 0 bridgehead atoms. The van der Waals surface area contributed by atoms with Gasteiger partial charge in [-0.3, -0.25) is 4.79 Å². The van der Waals surface area contributed by atoms with Crippen molar-refractivity contribution in [2.75, 3.05) is 13.2 Å². The van der Waals surface area contributed by atoms with Gasteiger partial charge in [0.2, 0.25) is 0 Å². The number of nitriles is 1. The predicted octanol–water partition coefficient (Wildman–Crippen LogP) is 0.542. The van der Waals surface area contributed by atoms with Crippen molar-refractivity contribution >= 4 is 11.9 Å². The molecule has 0 spiro atoms. The molecule has 94 valence electrons. The van der Waals surface area contributed by atoms with Crippen LogP contribution in [0.25, 0.3) is 0 Å². The van der Waals surface area contributed by atoms with Gasteiger partial charge in [-0.05, 0) is 12.1 Å². The number of carbonyl (C=O) groups excluding carboxylic acids is 1. The van der Waals surface area contributed by atoms with Crippen molar-refractivity contribution in [3.8, 4) is 11.8 Å². The minimum atomic E-state index is -1.49. The summed E-state index contributed by atoms with van der Waals surface area (Å²) in [6.07, 6.45) is 0. The highest BCUT2D eigenvalue weighted by Gasteiger charge is 2.17. The maximum Gasteiger partial charge on any atom is 0.342 e. The van der Waals surface area contributed by atoms with E-state index >= 15 is 0 Å². The van der Waals surface area contributed by atoms with Crippen molar-refractivity contribution in [1.82, 2.24) is 5.32 Å². The van der Waals surface area contributed by atoms with Crippen LogP contribution in [0.2, 0.25) is 0 Å². The Morgan fingerprint density at radius 1 is 1.50 bits per heavy atom. The van der Waals surface area contributed by atoms with Crippen LogP contribution in [-0.2, 0) is 4.79 Å². The summed E-state index contributed by atoms with van der Waals surface area (Å²) in [5, 5.41) is 19.2. The number of benzene rings is 1. The van der Waals surface area contributed by atoms with Crippen LogP contribution in [0.3, 0.4) is 0 Å². The van der Waals surface area contributed by atoms with Gasteiger partial charge in [0.15, 0.2) is 6.61 Å². The van der Waals surface area contributed by atoms with Crippen LogP contribution < -0.4 is 10.1 Å². The standard InChI is InChI=1S/C11H9FN2O4/c12-7-2-1-3-8(10(7)11(16)17)18-6-9(15)14-5-4-13/h1-3H,5-6H2,(H,14,15)(H,16,17). The third-order valence-electron chi connectivity index (χ3n) is 1.91. The minimum Gasteiger partial charge on any atom is -0.483 e.